The summed E-state index contributed by atoms with van der Waals surface area (Å²) in [5.74, 6) is 0. The fraction of sp³-hybridized carbons (Fsp3) is 0.778. The Morgan fingerprint density at radius 2 is 1.94 bits per heavy atom. The van der Waals surface area contributed by atoms with Crippen LogP contribution in [0.3, 0.4) is 0 Å². The molecular formula is C9H18FmN3O3-. The Balaban J connectivity index is 0. The van der Waals surface area contributed by atoms with Crippen molar-refractivity contribution >= 4 is 12.5 Å². The second-order valence-corrected chi connectivity index (χ2v) is 3.94. The average Bonchev–Trinajstić information content (AvgIpc) is 2.08. The fourth-order valence-corrected chi connectivity index (χ4v) is 0.780. The molecule has 0 fully saturated rings. The second kappa shape index (κ2) is 8.05. The van der Waals surface area contributed by atoms with E-state index >= 15 is 0 Å². The molecule has 0 rings (SSSR count). The summed E-state index contributed by atoms with van der Waals surface area (Å²) in [7, 11) is 0. The van der Waals surface area contributed by atoms with Crippen molar-refractivity contribution in [3.63, 3.8) is 0 Å². The first-order valence-corrected chi connectivity index (χ1v) is 4.77. The van der Waals surface area contributed by atoms with Crippen LogP contribution in [0.25, 0.3) is 0 Å². The molecule has 0 unspecified atom stereocenters. The van der Waals surface area contributed by atoms with E-state index in [1.54, 1.807) is 20.8 Å². The van der Waals surface area contributed by atoms with Crippen LogP contribution in [0.15, 0.2) is 0 Å². The zero-order chi connectivity index (χ0) is 11.7. The topological polar surface area (TPSA) is 79.5 Å². The first-order valence-electron chi connectivity index (χ1n) is 4.77. The first-order chi connectivity index (χ1) is 6.95. The third-order valence-electron chi connectivity index (χ3n) is 1.29. The van der Waals surface area contributed by atoms with Gasteiger partial charge in [-0.1, -0.05) is 0 Å². The summed E-state index contributed by atoms with van der Waals surface area (Å²) in [6, 6.07) is 0. The van der Waals surface area contributed by atoms with Gasteiger partial charge in [0.25, 0.3) is 0 Å². The standard InChI is InChI=1S/C9H18N3O3.Fm/c1-9(2,3)15-8(14)10-5-4-6-11-12-7-13;/h11H,4-6H2,1-3H3,(H,10,14)(H,12,13);/q-1;. The third-order valence-corrected chi connectivity index (χ3v) is 1.29. The van der Waals surface area contributed by atoms with Crippen molar-refractivity contribution in [2.75, 3.05) is 13.1 Å². The monoisotopic (exact) mass is 473 g/mol. The second-order valence-electron chi connectivity index (χ2n) is 3.94. The van der Waals surface area contributed by atoms with Crippen molar-refractivity contribution in [1.82, 2.24) is 16.2 Å². The van der Waals surface area contributed by atoms with Crippen molar-refractivity contribution in [3.8, 4) is 0 Å². The van der Waals surface area contributed by atoms with Crippen molar-refractivity contribution in [2.45, 2.75) is 32.8 Å². The van der Waals surface area contributed by atoms with E-state index in [1.807, 2.05) is 0 Å². The maximum Gasteiger partial charge on any atom is 0.407 e. The number of hydrogen-bond donors (Lipinski definition) is 3. The third kappa shape index (κ3) is 11.7. The van der Waals surface area contributed by atoms with Crippen LogP contribution in [0, 0.1) is 0 Å². The Morgan fingerprint density at radius 3 is 2.44 bits per heavy atom. The Morgan fingerprint density at radius 1 is 1.31 bits per heavy atom. The van der Waals surface area contributed by atoms with Crippen LogP contribution in [0.1, 0.15) is 27.2 Å². The number of ether oxygens (including phenoxy) is 1. The minimum absolute atomic E-state index is 0. The molecule has 0 spiro atoms. The van der Waals surface area contributed by atoms with Crippen molar-refractivity contribution in [3.05, 3.63) is 0 Å². The number of hydrogen-bond acceptors (Lipinski definition) is 4. The molecule has 16 heavy (non-hydrogen) atoms. The molecule has 100 valence electrons. The molecule has 7 heteroatoms. The van der Waals surface area contributed by atoms with Gasteiger partial charge in [0.2, 0.25) is 0 Å². The van der Waals surface area contributed by atoms with Gasteiger partial charge in [-0.2, -0.15) is 6.41 Å². The van der Waals surface area contributed by atoms with Crippen LogP contribution in [0.5, 0.6) is 0 Å². The normalized spacial score (nSPS) is 9.94. The molecule has 0 aliphatic heterocycles. The first kappa shape index (κ1) is 16.1. The minimum atomic E-state index is -0.476. The molecule has 0 heterocycles. The number of rotatable bonds is 6. The molecule has 0 aromatic heterocycles. The SMILES string of the molecule is CC(C)(C)OC(=O)NCCCNN[C-]=O.[Fm]. The van der Waals surface area contributed by atoms with Gasteiger partial charge in [0.05, 0.1) is 0 Å². The summed E-state index contributed by atoms with van der Waals surface area (Å²) in [6.45, 7) is 6.46. The van der Waals surface area contributed by atoms with Crippen molar-refractivity contribution in [2.24, 2.45) is 0 Å². The van der Waals surface area contributed by atoms with E-state index < -0.39 is 11.7 Å². The van der Waals surface area contributed by atoms with Crippen LogP contribution >= 0.6 is 0 Å². The summed E-state index contributed by atoms with van der Waals surface area (Å²) in [6.07, 6.45) is 1.73. The van der Waals surface area contributed by atoms with Gasteiger partial charge in [0.15, 0.2) is 0 Å². The van der Waals surface area contributed by atoms with Crippen LogP contribution in [0.2, 0.25) is 0 Å². The van der Waals surface area contributed by atoms with E-state index in [9.17, 15) is 9.59 Å². The van der Waals surface area contributed by atoms with E-state index in [0.29, 0.717) is 19.5 Å². The summed E-state index contributed by atoms with van der Waals surface area (Å²) in [5.41, 5.74) is 4.29. The zero-order valence-corrected chi connectivity index (χ0v) is 12.0. The molecule has 0 bridgehead atoms. The quantitative estimate of drug-likeness (QED) is 0.221. The van der Waals surface area contributed by atoms with E-state index in [1.165, 1.54) is 6.41 Å². The average molecular weight is 473 g/mol. The molecule has 0 aliphatic rings. The summed E-state index contributed by atoms with van der Waals surface area (Å²) in [5, 5.41) is 2.59. The van der Waals surface area contributed by atoms with E-state index in [2.05, 4.69) is 16.2 Å². The van der Waals surface area contributed by atoms with Gasteiger partial charge in [-0.25, -0.2) is 4.79 Å². The molecule has 2 amide bonds. The predicted octanol–water partition coefficient (Wildman–Crippen LogP) is 0.0626. The fourth-order valence-electron chi connectivity index (χ4n) is 0.780. The maximum atomic E-state index is 11.1. The Bertz CT molecular complexity index is 207. The molecule has 0 aromatic rings. The number of hydrazine groups is 1. The number of alkyl carbamates (subject to hydrolysis) is 1. The number of nitrogens with one attached hydrogen (secondary N) is 3. The van der Waals surface area contributed by atoms with Crippen molar-refractivity contribution in [1.29, 1.82) is 0 Å². The molecule has 0 radical (unpaired) electrons. The molecule has 0 saturated heterocycles. The van der Waals surface area contributed by atoms with Crippen LogP contribution in [-0.4, -0.2) is 31.2 Å². The molecule has 0 saturated carbocycles. The summed E-state index contributed by atoms with van der Waals surface area (Å²) < 4.78 is 5.02. The molecular weight excluding hydrogens is 455 g/mol. The van der Waals surface area contributed by atoms with Gasteiger partial charge in [-0.15, -0.1) is 0 Å². The smallest absolute Gasteiger partial charge is 0.407 e. The van der Waals surface area contributed by atoms with Gasteiger partial charge in [0.1, 0.15) is 5.60 Å². The van der Waals surface area contributed by atoms with Crippen molar-refractivity contribution < 1.29 is 14.3 Å². The van der Waals surface area contributed by atoms with E-state index in [-0.39, 0.29) is 0 Å². The minimum Gasteiger partial charge on any atom is -0.519 e. The summed E-state index contributed by atoms with van der Waals surface area (Å²) in [4.78, 5) is 20.8. The molecule has 6 nitrogen and oxygen atoms in total. The van der Waals surface area contributed by atoms with Gasteiger partial charge in [-0.05, 0) is 27.2 Å². The number of carbonyl (C=O) groups excluding carboxylic acids is 2. The van der Waals surface area contributed by atoms with Gasteiger partial charge in [0, 0.05) is 13.1 Å². The Kier molecular flexibility index (Phi) is 8.12. The van der Waals surface area contributed by atoms with Gasteiger partial charge >= 0.3 is 6.09 Å². The van der Waals surface area contributed by atoms with Crippen LogP contribution in [-0.2, 0) is 9.53 Å². The van der Waals surface area contributed by atoms with Crippen LogP contribution in [0.4, 0.5) is 4.79 Å². The van der Waals surface area contributed by atoms with E-state index in [4.69, 9.17) is 4.74 Å². The predicted molar refractivity (Wildman–Crippen MR) is 55.7 cm³/mol. The molecule has 3 N–H and O–H groups in total. The van der Waals surface area contributed by atoms with Crippen LogP contribution < -0.4 is 16.2 Å². The maximum absolute atomic E-state index is 11.1. The summed E-state index contributed by atoms with van der Waals surface area (Å²) >= 11 is 0. The number of carbonyl (C=O) groups is 1. The van der Waals surface area contributed by atoms with Gasteiger partial charge < -0.3 is 20.3 Å². The molecule has 0 aromatic carbocycles. The Hall–Kier alpha value is -2.30. The zero-order valence-electron chi connectivity index (χ0n) is 9.63. The van der Waals surface area contributed by atoms with E-state index in [0.717, 1.165) is 0 Å². The molecule has 0 aliphatic carbocycles. The van der Waals surface area contributed by atoms with Gasteiger partial charge in [-0.3, -0.25) is 5.43 Å². The largest absolute Gasteiger partial charge is 0.519 e. The molecule has 0 atom stereocenters. The number of amides is 2. The Labute approximate surface area is 89.7 Å².